The number of nitrogen functional groups attached to an aromatic ring is 1. The van der Waals surface area contributed by atoms with Crippen molar-refractivity contribution in [3.05, 3.63) is 22.8 Å². The van der Waals surface area contributed by atoms with Crippen molar-refractivity contribution < 1.29 is 9.53 Å². The standard InChI is InChI=1S/C11H13N3O2S/c1-6-7(4-14(2)13-6)8-5-17-10(12)9(8)11(15)16-3/h4-5H,12H2,1-3H3. The van der Waals surface area contributed by atoms with E-state index in [1.807, 2.05) is 25.5 Å². The molecule has 2 heterocycles. The molecule has 2 N–H and O–H groups in total. The molecule has 0 aliphatic rings. The summed E-state index contributed by atoms with van der Waals surface area (Å²) in [6, 6.07) is 0. The molecular formula is C11H13N3O2S. The zero-order chi connectivity index (χ0) is 12.6. The third-order valence-electron chi connectivity index (χ3n) is 2.51. The Bertz CT molecular complexity index is 571. The first-order valence-electron chi connectivity index (χ1n) is 5.00. The molecule has 0 aromatic carbocycles. The fourth-order valence-electron chi connectivity index (χ4n) is 1.75. The summed E-state index contributed by atoms with van der Waals surface area (Å²) in [5.41, 5.74) is 8.77. The number of esters is 1. The number of nitrogens with two attached hydrogens (primary N) is 1. The Hall–Kier alpha value is -1.82. The van der Waals surface area contributed by atoms with E-state index >= 15 is 0 Å². The van der Waals surface area contributed by atoms with Crippen LogP contribution >= 0.6 is 11.3 Å². The maximum absolute atomic E-state index is 11.7. The molecule has 6 heteroatoms. The second-order valence-electron chi connectivity index (χ2n) is 3.68. The van der Waals surface area contributed by atoms with Crippen LogP contribution < -0.4 is 5.73 Å². The fraction of sp³-hybridized carbons (Fsp3) is 0.273. The van der Waals surface area contributed by atoms with E-state index in [-0.39, 0.29) is 0 Å². The fourth-order valence-corrected chi connectivity index (χ4v) is 2.55. The number of aryl methyl sites for hydroxylation is 2. The minimum Gasteiger partial charge on any atom is -0.465 e. The van der Waals surface area contributed by atoms with Crippen molar-refractivity contribution >= 4 is 22.3 Å². The zero-order valence-electron chi connectivity index (χ0n) is 9.85. The van der Waals surface area contributed by atoms with Crippen LogP contribution in [0.1, 0.15) is 16.1 Å². The van der Waals surface area contributed by atoms with Gasteiger partial charge in [0.05, 0.1) is 12.8 Å². The number of nitrogens with zero attached hydrogens (tertiary/aromatic N) is 2. The van der Waals surface area contributed by atoms with E-state index in [0.29, 0.717) is 10.6 Å². The number of thiophene rings is 1. The minimum atomic E-state index is -0.415. The Kier molecular flexibility index (Phi) is 2.89. The summed E-state index contributed by atoms with van der Waals surface area (Å²) in [5.74, 6) is -0.415. The van der Waals surface area contributed by atoms with Crippen LogP contribution in [-0.2, 0) is 11.8 Å². The van der Waals surface area contributed by atoms with Crippen LogP contribution in [0.3, 0.4) is 0 Å². The van der Waals surface area contributed by atoms with Gasteiger partial charge in [-0.25, -0.2) is 4.79 Å². The van der Waals surface area contributed by atoms with E-state index in [0.717, 1.165) is 16.8 Å². The van der Waals surface area contributed by atoms with Crippen LogP contribution in [-0.4, -0.2) is 22.9 Å². The lowest BCUT2D eigenvalue weighted by Gasteiger charge is -2.02. The molecule has 0 aliphatic carbocycles. The number of carbonyl (C=O) groups excluding carboxylic acids is 1. The van der Waals surface area contributed by atoms with E-state index in [9.17, 15) is 4.79 Å². The van der Waals surface area contributed by atoms with Gasteiger partial charge in [-0.05, 0) is 6.92 Å². The molecule has 0 bridgehead atoms. The first-order chi connectivity index (χ1) is 8.04. The highest BCUT2D eigenvalue weighted by atomic mass is 32.1. The summed E-state index contributed by atoms with van der Waals surface area (Å²) in [4.78, 5) is 11.7. The number of aromatic nitrogens is 2. The Morgan fingerprint density at radius 3 is 2.76 bits per heavy atom. The summed E-state index contributed by atoms with van der Waals surface area (Å²) in [5, 5.41) is 6.57. The van der Waals surface area contributed by atoms with Gasteiger partial charge in [-0.1, -0.05) is 0 Å². The van der Waals surface area contributed by atoms with Gasteiger partial charge in [0.25, 0.3) is 0 Å². The summed E-state index contributed by atoms with van der Waals surface area (Å²) in [7, 11) is 3.18. The zero-order valence-corrected chi connectivity index (χ0v) is 10.7. The van der Waals surface area contributed by atoms with E-state index in [2.05, 4.69) is 5.10 Å². The smallest absolute Gasteiger partial charge is 0.341 e. The number of rotatable bonds is 2. The van der Waals surface area contributed by atoms with Gasteiger partial charge in [-0.15, -0.1) is 11.3 Å². The first kappa shape index (κ1) is 11.7. The predicted molar refractivity (Wildman–Crippen MR) is 67.0 cm³/mol. The largest absolute Gasteiger partial charge is 0.465 e. The van der Waals surface area contributed by atoms with Crippen molar-refractivity contribution in [2.75, 3.05) is 12.8 Å². The van der Waals surface area contributed by atoms with E-state index in [1.165, 1.54) is 18.4 Å². The maximum Gasteiger partial charge on any atom is 0.341 e. The van der Waals surface area contributed by atoms with E-state index in [4.69, 9.17) is 10.5 Å². The molecule has 0 fully saturated rings. The Morgan fingerprint density at radius 1 is 1.53 bits per heavy atom. The summed E-state index contributed by atoms with van der Waals surface area (Å²) in [6.07, 6.45) is 1.86. The van der Waals surface area contributed by atoms with Crippen LogP contribution in [0.25, 0.3) is 11.1 Å². The quantitative estimate of drug-likeness (QED) is 0.827. The van der Waals surface area contributed by atoms with Gasteiger partial charge in [0.15, 0.2) is 0 Å². The average molecular weight is 251 g/mol. The number of ether oxygens (including phenoxy) is 1. The predicted octanol–water partition coefficient (Wildman–Crippen LogP) is 1.83. The molecule has 0 unspecified atom stereocenters. The van der Waals surface area contributed by atoms with Crippen molar-refractivity contribution in [3.8, 4) is 11.1 Å². The van der Waals surface area contributed by atoms with Crippen molar-refractivity contribution in [1.82, 2.24) is 9.78 Å². The summed E-state index contributed by atoms with van der Waals surface area (Å²) >= 11 is 1.33. The van der Waals surface area contributed by atoms with Crippen LogP contribution in [0, 0.1) is 6.92 Å². The van der Waals surface area contributed by atoms with Gasteiger partial charge in [0, 0.05) is 29.8 Å². The summed E-state index contributed by atoms with van der Waals surface area (Å²) < 4.78 is 6.45. The molecule has 2 rings (SSSR count). The molecule has 0 aliphatic heterocycles. The topological polar surface area (TPSA) is 70.1 Å². The SMILES string of the molecule is COC(=O)c1c(-c2cn(C)nc2C)csc1N. The molecule has 2 aromatic heterocycles. The van der Waals surface area contributed by atoms with Gasteiger partial charge in [0.1, 0.15) is 10.6 Å². The van der Waals surface area contributed by atoms with E-state index < -0.39 is 5.97 Å². The molecule has 0 amide bonds. The van der Waals surface area contributed by atoms with Gasteiger partial charge < -0.3 is 10.5 Å². The molecule has 0 saturated carbocycles. The van der Waals surface area contributed by atoms with Crippen molar-refractivity contribution in [2.24, 2.45) is 7.05 Å². The number of hydrogen-bond acceptors (Lipinski definition) is 5. The molecule has 0 saturated heterocycles. The molecule has 90 valence electrons. The molecule has 17 heavy (non-hydrogen) atoms. The van der Waals surface area contributed by atoms with Gasteiger partial charge in [0.2, 0.25) is 0 Å². The monoisotopic (exact) mass is 251 g/mol. The van der Waals surface area contributed by atoms with Gasteiger partial charge in [-0.3, -0.25) is 4.68 Å². The lowest BCUT2D eigenvalue weighted by molar-refractivity contribution is 0.0603. The third-order valence-corrected chi connectivity index (χ3v) is 3.32. The van der Waals surface area contributed by atoms with Crippen LogP contribution in [0.15, 0.2) is 11.6 Å². The van der Waals surface area contributed by atoms with Crippen molar-refractivity contribution in [1.29, 1.82) is 0 Å². The highest BCUT2D eigenvalue weighted by molar-refractivity contribution is 7.14. The highest BCUT2D eigenvalue weighted by Crippen LogP contribution is 2.35. The average Bonchev–Trinajstić information content (AvgIpc) is 2.80. The Labute approximate surface area is 103 Å². The molecule has 0 spiro atoms. The molecule has 2 aromatic rings. The second-order valence-corrected chi connectivity index (χ2v) is 4.59. The molecule has 0 radical (unpaired) electrons. The third kappa shape index (κ3) is 1.91. The van der Waals surface area contributed by atoms with Crippen LogP contribution in [0.4, 0.5) is 5.00 Å². The lowest BCUT2D eigenvalue weighted by Crippen LogP contribution is -2.04. The lowest BCUT2D eigenvalue weighted by atomic mass is 10.1. The second kappa shape index (κ2) is 4.21. The summed E-state index contributed by atoms with van der Waals surface area (Å²) in [6.45, 7) is 1.89. The first-order valence-corrected chi connectivity index (χ1v) is 5.88. The van der Waals surface area contributed by atoms with Crippen LogP contribution in [0.2, 0.25) is 0 Å². The van der Waals surface area contributed by atoms with Gasteiger partial charge in [-0.2, -0.15) is 5.10 Å². The Balaban J connectivity index is 2.60. The molecular weight excluding hydrogens is 238 g/mol. The molecule has 0 atom stereocenters. The van der Waals surface area contributed by atoms with Crippen molar-refractivity contribution in [3.63, 3.8) is 0 Å². The van der Waals surface area contributed by atoms with Gasteiger partial charge >= 0.3 is 5.97 Å². The number of hydrogen-bond donors (Lipinski definition) is 1. The number of carbonyl (C=O) groups is 1. The number of anilines is 1. The Morgan fingerprint density at radius 2 is 2.24 bits per heavy atom. The van der Waals surface area contributed by atoms with E-state index in [1.54, 1.807) is 4.68 Å². The van der Waals surface area contributed by atoms with Crippen LogP contribution in [0.5, 0.6) is 0 Å². The maximum atomic E-state index is 11.7. The molecule has 5 nitrogen and oxygen atoms in total. The van der Waals surface area contributed by atoms with Crippen molar-refractivity contribution in [2.45, 2.75) is 6.92 Å². The number of methoxy groups -OCH3 is 1. The highest BCUT2D eigenvalue weighted by Gasteiger charge is 2.21. The normalized spacial score (nSPS) is 10.5. The minimum absolute atomic E-state index is 0.415.